The molecule has 1 amide bonds. The standard InChI is InChI=1S/C18H18F3N3O6S/c1-3-31(28,29)23-15-6-4-12(8-11(15)2)22-17(25)14-9-13(30-10-18(19,20)21)5-7-16(14)24(26)27/h4-9,23H,3,10H2,1-2H3,(H,22,25). The largest absolute Gasteiger partial charge is 0.484 e. The van der Waals surface area contributed by atoms with E-state index in [1.54, 1.807) is 6.92 Å². The molecule has 0 spiro atoms. The molecule has 0 aliphatic heterocycles. The van der Waals surface area contributed by atoms with E-state index in [-0.39, 0.29) is 22.9 Å². The second-order valence-electron chi connectivity index (χ2n) is 6.33. The van der Waals surface area contributed by atoms with Crippen LogP contribution >= 0.6 is 0 Å². The van der Waals surface area contributed by atoms with Gasteiger partial charge in [0.2, 0.25) is 10.0 Å². The molecule has 2 aromatic rings. The van der Waals surface area contributed by atoms with Gasteiger partial charge in [-0.15, -0.1) is 0 Å². The highest BCUT2D eigenvalue weighted by atomic mass is 32.2. The summed E-state index contributed by atoms with van der Waals surface area (Å²) in [5.41, 5.74) is -0.184. The lowest BCUT2D eigenvalue weighted by Gasteiger charge is -2.13. The third-order valence-corrected chi connectivity index (χ3v) is 5.23. The van der Waals surface area contributed by atoms with E-state index in [9.17, 15) is 36.5 Å². The topological polar surface area (TPSA) is 128 Å². The predicted octanol–water partition coefficient (Wildman–Crippen LogP) is 3.86. The van der Waals surface area contributed by atoms with Crippen molar-refractivity contribution in [2.75, 3.05) is 22.4 Å². The summed E-state index contributed by atoms with van der Waals surface area (Å²) in [5, 5.41) is 13.6. The van der Waals surface area contributed by atoms with Crippen molar-refractivity contribution < 1.29 is 36.0 Å². The first-order valence-electron chi connectivity index (χ1n) is 8.72. The molecule has 0 saturated carbocycles. The third kappa shape index (κ3) is 6.84. The number of benzene rings is 2. The van der Waals surface area contributed by atoms with Gasteiger partial charge in [0.15, 0.2) is 6.61 Å². The van der Waals surface area contributed by atoms with Crippen LogP contribution in [-0.2, 0) is 10.0 Å². The van der Waals surface area contributed by atoms with E-state index in [4.69, 9.17) is 0 Å². The Labute approximate surface area is 175 Å². The van der Waals surface area contributed by atoms with E-state index in [0.717, 1.165) is 18.2 Å². The first kappa shape index (κ1) is 23.9. The van der Waals surface area contributed by atoms with E-state index < -0.39 is 44.9 Å². The van der Waals surface area contributed by atoms with Crippen molar-refractivity contribution in [2.45, 2.75) is 20.0 Å². The smallest absolute Gasteiger partial charge is 0.422 e. The number of hydrogen-bond acceptors (Lipinski definition) is 6. The molecular formula is C18H18F3N3O6S. The van der Waals surface area contributed by atoms with Crippen LogP contribution in [-0.4, -0.2) is 37.8 Å². The molecule has 0 bridgehead atoms. The van der Waals surface area contributed by atoms with E-state index in [1.807, 2.05) is 0 Å². The number of carbonyl (C=O) groups excluding carboxylic acids is 1. The summed E-state index contributed by atoms with van der Waals surface area (Å²) < 4.78 is 67.3. The Balaban J connectivity index is 2.27. The second kappa shape index (κ2) is 9.20. The fourth-order valence-electron chi connectivity index (χ4n) is 2.41. The average Bonchev–Trinajstić information content (AvgIpc) is 2.67. The molecule has 168 valence electrons. The lowest BCUT2D eigenvalue weighted by Crippen LogP contribution is -2.20. The lowest BCUT2D eigenvalue weighted by atomic mass is 10.1. The number of nitro benzene ring substituents is 1. The Hall–Kier alpha value is -3.35. The van der Waals surface area contributed by atoms with Gasteiger partial charge in [0.1, 0.15) is 11.3 Å². The molecular weight excluding hydrogens is 443 g/mol. The molecule has 2 aromatic carbocycles. The minimum atomic E-state index is -4.62. The van der Waals surface area contributed by atoms with Crippen LogP contribution in [0, 0.1) is 17.0 Å². The molecule has 31 heavy (non-hydrogen) atoms. The van der Waals surface area contributed by atoms with Crippen LogP contribution in [0.4, 0.5) is 30.2 Å². The quantitative estimate of drug-likeness (QED) is 0.454. The average molecular weight is 461 g/mol. The van der Waals surface area contributed by atoms with Crippen LogP contribution in [0.2, 0.25) is 0 Å². The molecule has 2 N–H and O–H groups in total. The molecule has 13 heteroatoms. The molecule has 0 fully saturated rings. The number of anilines is 2. The summed E-state index contributed by atoms with van der Waals surface area (Å²) >= 11 is 0. The van der Waals surface area contributed by atoms with Crippen LogP contribution in [0.1, 0.15) is 22.8 Å². The molecule has 0 aromatic heterocycles. The summed E-state index contributed by atoms with van der Waals surface area (Å²) in [7, 11) is -3.52. The highest BCUT2D eigenvalue weighted by Gasteiger charge is 2.29. The third-order valence-electron chi connectivity index (χ3n) is 3.94. The van der Waals surface area contributed by atoms with Crippen molar-refractivity contribution in [3.8, 4) is 5.75 Å². The Bertz CT molecular complexity index is 1100. The van der Waals surface area contributed by atoms with Crippen LogP contribution < -0.4 is 14.8 Å². The number of halogens is 3. The zero-order valence-corrected chi connectivity index (χ0v) is 17.1. The Kier molecular flexibility index (Phi) is 7.10. The van der Waals surface area contributed by atoms with Gasteiger partial charge in [0.05, 0.1) is 16.4 Å². The van der Waals surface area contributed by atoms with Crippen molar-refractivity contribution >= 4 is 33.0 Å². The fraction of sp³-hybridized carbons (Fsp3) is 0.278. The second-order valence-corrected chi connectivity index (χ2v) is 8.34. The van der Waals surface area contributed by atoms with Gasteiger partial charge in [0, 0.05) is 11.8 Å². The molecule has 0 heterocycles. The summed E-state index contributed by atoms with van der Waals surface area (Å²) in [6.07, 6.45) is -4.62. The van der Waals surface area contributed by atoms with Gasteiger partial charge < -0.3 is 10.1 Å². The van der Waals surface area contributed by atoms with Gasteiger partial charge in [-0.3, -0.25) is 19.6 Å². The van der Waals surface area contributed by atoms with Gasteiger partial charge in [0.25, 0.3) is 11.6 Å². The highest BCUT2D eigenvalue weighted by molar-refractivity contribution is 7.92. The van der Waals surface area contributed by atoms with Crippen LogP contribution in [0.5, 0.6) is 5.75 Å². The highest BCUT2D eigenvalue weighted by Crippen LogP contribution is 2.27. The Morgan fingerprint density at radius 2 is 1.87 bits per heavy atom. The molecule has 9 nitrogen and oxygen atoms in total. The minimum Gasteiger partial charge on any atom is -0.484 e. The van der Waals surface area contributed by atoms with Crippen molar-refractivity contribution in [2.24, 2.45) is 0 Å². The van der Waals surface area contributed by atoms with Gasteiger partial charge in [-0.25, -0.2) is 8.42 Å². The first-order valence-corrected chi connectivity index (χ1v) is 10.4. The maximum atomic E-state index is 12.6. The molecule has 0 unspecified atom stereocenters. The number of hydrogen-bond donors (Lipinski definition) is 2. The summed E-state index contributed by atoms with van der Waals surface area (Å²) in [5.74, 6) is -1.46. The van der Waals surface area contributed by atoms with Crippen molar-refractivity contribution in [1.29, 1.82) is 0 Å². The number of nitrogens with zero attached hydrogens (tertiary/aromatic N) is 1. The minimum absolute atomic E-state index is 0.138. The number of rotatable bonds is 8. The number of alkyl halides is 3. The van der Waals surface area contributed by atoms with E-state index in [1.165, 1.54) is 25.1 Å². The van der Waals surface area contributed by atoms with Gasteiger partial charge in [-0.1, -0.05) is 0 Å². The van der Waals surface area contributed by atoms with Gasteiger partial charge in [-0.05, 0) is 49.7 Å². The summed E-state index contributed by atoms with van der Waals surface area (Å²) in [6, 6.07) is 6.87. The Morgan fingerprint density at radius 1 is 1.19 bits per heavy atom. The molecule has 0 radical (unpaired) electrons. The van der Waals surface area contributed by atoms with Gasteiger partial charge >= 0.3 is 6.18 Å². The SMILES string of the molecule is CCS(=O)(=O)Nc1ccc(NC(=O)c2cc(OCC(F)(F)F)ccc2[N+](=O)[O-])cc1C. The van der Waals surface area contributed by atoms with Crippen molar-refractivity contribution in [1.82, 2.24) is 0 Å². The number of sulfonamides is 1. The number of carbonyl (C=O) groups is 1. The van der Waals surface area contributed by atoms with E-state index in [0.29, 0.717) is 5.56 Å². The maximum absolute atomic E-state index is 12.6. The predicted molar refractivity (Wildman–Crippen MR) is 107 cm³/mol. The zero-order chi connectivity index (χ0) is 23.4. The van der Waals surface area contributed by atoms with Gasteiger partial charge in [-0.2, -0.15) is 13.2 Å². The fourth-order valence-corrected chi connectivity index (χ4v) is 3.11. The lowest BCUT2D eigenvalue weighted by molar-refractivity contribution is -0.385. The van der Waals surface area contributed by atoms with Crippen LogP contribution in [0.3, 0.4) is 0 Å². The first-order chi connectivity index (χ1) is 14.3. The van der Waals surface area contributed by atoms with Crippen LogP contribution in [0.25, 0.3) is 0 Å². The van der Waals surface area contributed by atoms with Crippen molar-refractivity contribution in [3.63, 3.8) is 0 Å². The maximum Gasteiger partial charge on any atom is 0.422 e. The van der Waals surface area contributed by atoms with E-state index in [2.05, 4.69) is 14.8 Å². The summed E-state index contributed by atoms with van der Waals surface area (Å²) in [6.45, 7) is 1.42. The monoisotopic (exact) mass is 461 g/mol. The Morgan fingerprint density at radius 3 is 2.42 bits per heavy atom. The zero-order valence-electron chi connectivity index (χ0n) is 16.3. The van der Waals surface area contributed by atoms with Crippen molar-refractivity contribution in [3.05, 3.63) is 57.6 Å². The number of nitro groups is 1. The molecule has 0 aliphatic rings. The number of amides is 1. The normalized spacial score (nSPS) is 11.6. The molecule has 0 aliphatic carbocycles. The molecule has 0 atom stereocenters. The van der Waals surface area contributed by atoms with Crippen LogP contribution in [0.15, 0.2) is 36.4 Å². The number of ether oxygens (including phenoxy) is 1. The molecule has 2 rings (SSSR count). The number of aryl methyl sites for hydroxylation is 1. The summed E-state index contributed by atoms with van der Waals surface area (Å²) in [4.78, 5) is 22.9. The number of nitrogens with one attached hydrogen (secondary N) is 2. The molecule has 0 saturated heterocycles. The van der Waals surface area contributed by atoms with E-state index >= 15 is 0 Å².